The Morgan fingerprint density at radius 1 is 1.37 bits per heavy atom. The highest BCUT2D eigenvalue weighted by Gasteiger charge is 2.18. The molecule has 0 unspecified atom stereocenters. The smallest absolute Gasteiger partial charge is 0.287 e. The van der Waals surface area contributed by atoms with Gasteiger partial charge in [0, 0.05) is 24.7 Å². The molecule has 6 heteroatoms. The molecule has 0 aliphatic carbocycles. The van der Waals surface area contributed by atoms with Crippen LogP contribution in [0.3, 0.4) is 0 Å². The summed E-state index contributed by atoms with van der Waals surface area (Å²) >= 11 is 5.77. The highest BCUT2D eigenvalue weighted by atomic mass is 35.5. The van der Waals surface area contributed by atoms with E-state index in [0.29, 0.717) is 18.7 Å². The van der Waals surface area contributed by atoms with Crippen LogP contribution < -0.4 is 0 Å². The second-order valence-electron chi connectivity index (χ2n) is 3.71. The molecule has 1 aromatic rings. The molecule has 100 valence electrons. The summed E-state index contributed by atoms with van der Waals surface area (Å²) in [5, 5.41) is 10.6. The molecule has 0 aliphatic rings. The summed E-state index contributed by atoms with van der Waals surface area (Å²) < 4.78 is 0. The van der Waals surface area contributed by atoms with E-state index in [1.54, 1.807) is 12.2 Å². The Hall–Kier alpha value is -2.14. The molecule has 1 aromatic carbocycles. The minimum Gasteiger partial charge on any atom is -0.331 e. The molecule has 0 spiro atoms. The van der Waals surface area contributed by atoms with Gasteiger partial charge in [-0.3, -0.25) is 14.9 Å². The van der Waals surface area contributed by atoms with Crippen LogP contribution >= 0.6 is 11.6 Å². The molecule has 0 saturated carbocycles. The van der Waals surface area contributed by atoms with E-state index in [1.165, 1.54) is 23.1 Å². The summed E-state index contributed by atoms with van der Waals surface area (Å²) in [4.78, 5) is 23.7. The van der Waals surface area contributed by atoms with Crippen LogP contribution in [0.1, 0.15) is 10.4 Å². The number of nitro groups is 1. The second kappa shape index (κ2) is 6.70. The summed E-state index contributed by atoms with van der Waals surface area (Å²) in [5.74, 6) is -0.281. The highest BCUT2D eigenvalue weighted by Crippen LogP contribution is 2.25. The molecule has 0 radical (unpaired) electrons. The third kappa shape index (κ3) is 3.66. The van der Waals surface area contributed by atoms with Crippen LogP contribution in [0.5, 0.6) is 0 Å². The van der Waals surface area contributed by atoms with Crippen molar-refractivity contribution in [2.24, 2.45) is 0 Å². The van der Waals surface area contributed by atoms with Crippen molar-refractivity contribution in [1.82, 2.24) is 4.90 Å². The van der Waals surface area contributed by atoms with Crippen molar-refractivity contribution < 1.29 is 9.72 Å². The van der Waals surface area contributed by atoms with Gasteiger partial charge in [0.05, 0.1) is 4.92 Å². The van der Waals surface area contributed by atoms with Gasteiger partial charge in [0.25, 0.3) is 11.6 Å². The van der Waals surface area contributed by atoms with Crippen LogP contribution in [-0.4, -0.2) is 28.8 Å². The Bertz CT molecular complexity index is 519. The van der Waals surface area contributed by atoms with E-state index in [1.807, 2.05) is 0 Å². The molecule has 19 heavy (non-hydrogen) atoms. The normalized spacial score (nSPS) is 9.74. The standard InChI is InChI=1S/C13H13ClN2O3/c1-3-7-15(8-4-2)13(17)10-5-6-12(16(18)19)11(14)9-10/h3-6,9H,1-2,7-8H2. The van der Waals surface area contributed by atoms with Crippen LogP contribution in [0.2, 0.25) is 5.02 Å². The average molecular weight is 281 g/mol. The molecular weight excluding hydrogens is 268 g/mol. The lowest BCUT2D eigenvalue weighted by Gasteiger charge is -2.19. The molecule has 1 amide bonds. The van der Waals surface area contributed by atoms with Gasteiger partial charge in [0.1, 0.15) is 5.02 Å². The Labute approximate surface area is 115 Å². The van der Waals surface area contributed by atoms with Crippen molar-refractivity contribution in [3.8, 4) is 0 Å². The Morgan fingerprint density at radius 2 is 1.95 bits per heavy atom. The minimum atomic E-state index is -0.595. The third-order valence-corrected chi connectivity index (χ3v) is 2.68. The fourth-order valence-corrected chi connectivity index (χ4v) is 1.77. The first kappa shape index (κ1) is 14.9. The van der Waals surface area contributed by atoms with E-state index in [2.05, 4.69) is 13.2 Å². The van der Waals surface area contributed by atoms with Crippen molar-refractivity contribution in [3.63, 3.8) is 0 Å². The number of carbonyl (C=O) groups is 1. The van der Waals surface area contributed by atoms with E-state index in [4.69, 9.17) is 11.6 Å². The average Bonchev–Trinajstić information content (AvgIpc) is 2.37. The van der Waals surface area contributed by atoms with Crippen molar-refractivity contribution in [2.45, 2.75) is 0 Å². The molecule has 0 aliphatic heterocycles. The van der Waals surface area contributed by atoms with E-state index < -0.39 is 4.92 Å². The van der Waals surface area contributed by atoms with E-state index in [0.717, 1.165) is 0 Å². The molecule has 5 nitrogen and oxygen atoms in total. The maximum Gasteiger partial charge on any atom is 0.287 e. The SMILES string of the molecule is C=CCN(CC=C)C(=O)c1ccc([N+](=O)[O-])c(Cl)c1. The largest absolute Gasteiger partial charge is 0.331 e. The Morgan fingerprint density at radius 3 is 2.37 bits per heavy atom. The zero-order chi connectivity index (χ0) is 14.4. The van der Waals surface area contributed by atoms with Gasteiger partial charge in [-0.25, -0.2) is 0 Å². The maximum absolute atomic E-state index is 12.2. The fourth-order valence-electron chi connectivity index (χ4n) is 1.52. The minimum absolute atomic E-state index is 0.0620. The number of rotatable bonds is 6. The van der Waals surface area contributed by atoms with Crippen molar-refractivity contribution >= 4 is 23.2 Å². The summed E-state index contributed by atoms with van der Waals surface area (Å²) in [5.41, 5.74) is 0.0662. The first-order valence-corrected chi connectivity index (χ1v) is 5.84. The zero-order valence-electron chi connectivity index (χ0n) is 10.2. The van der Waals surface area contributed by atoms with Gasteiger partial charge >= 0.3 is 0 Å². The van der Waals surface area contributed by atoms with Crippen LogP contribution in [-0.2, 0) is 0 Å². The van der Waals surface area contributed by atoms with Crippen LogP contribution in [0, 0.1) is 10.1 Å². The first-order valence-electron chi connectivity index (χ1n) is 5.46. The topological polar surface area (TPSA) is 63.5 Å². The number of nitro benzene ring substituents is 1. The maximum atomic E-state index is 12.2. The van der Waals surface area contributed by atoms with Gasteiger partial charge in [-0.1, -0.05) is 23.8 Å². The van der Waals surface area contributed by atoms with Crippen LogP contribution in [0.15, 0.2) is 43.5 Å². The number of hydrogen-bond acceptors (Lipinski definition) is 3. The number of benzene rings is 1. The summed E-state index contributed by atoms with van der Waals surface area (Å²) in [6.07, 6.45) is 3.18. The fraction of sp³-hybridized carbons (Fsp3) is 0.154. The molecule has 0 bridgehead atoms. The molecule has 0 fully saturated rings. The molecule has 0 saturated heterocycles. The Balaban J connectivity index is 3.04. The summed E-state index contributed by atoms with van der Waals surface area (Å²) in [6.45, 7) is 7.86. The second-order valence-corrected chi connectivity index (χ2v) is 4.12. The number of nitrogens with zero attached hydrogens (tertiary/aromatic N) is 2. The highest BCUT2D eigenvalue weighted by molar-refractivity contribution is 6.33. The lowest BCUT2D eigenvalue weighted by Crippen LogP contribution is -2.31. The van der Waals surface area contributed by atoms with Crippen molar-refractivity contribution in [2.75, 3.05) is 13.1 Å². The van der Waals surface area contributed by atoms with Gasteiger partial charge in [-0.2, -0.15) is 0 Å². The van der Waals surface area contributed by atoms with Crippen LogP contribution in [0.25, 0.3) is 0 Å². The molecule has 0 aromatic heterocycles. The Kier molecular flexibility index (Phi) is 5.26. The lowest BCUT2D eigenvalue weighted by atomic mass is 10.1. The van der Waals surface area contributed by atoms with Gasteiger partial charge < -0.3 is 4.90 Å². The third-order valence-electron chi connectivity index (χ3n) is 2.38. The quantitative estimate of drug-likeness (QED) is 0.457. The molecule has 1 rings (SSSR count). The predicted octanol–water partition coefficient (Wildman–Crippen LogP) is 3.06. The van der Waals surface area contributed by atoms with Gasteiger partial charge in [0.2, 0.25) is 0 Å². The number of amides is 1. The monoisotopic (exact) mass is 280 g/mol. The predicted molar refractivity (Wildman–Crippen MR) is 74.4 cm³/mol. The van der Waals surface area contributed by atoms with Gasteiger partial charge in [0.15, 0.2) is 0 Å². The molecular formula is C13H13ClN2O3. The van der Waals surface area contributed by atoms with Crippen molar-refractivity contribution in [3.05, 3.63) is 64.2 Å². The zero-order valence-corrected chi connectivity index (χ0v) is 11.0. The summed E-state index contributed by atoms with van der Waals surface area (Å²) in [7, 11) is 0. The van der Waals surface area contributed by atoms with Crippen molar-refractivity contribution in [1.29, 1.82) is 0 Å². The first-order chi connectivity index (χ1) is 9.01. The van der Waals surface area contributed by atoms with E-state index >= 15 is 0 Å². The number of hydrogen-bond donors (Lipinski definition) is 0. The lowest BCUT2D eigenvalue weighted by molar-refractivity contribution is -0.384. The van der Waals surface area contributed by atoms with Crippen LogP contribution in [0.4, 0.5) is 5.69 Å². The summed E-state index contributed by atoms with van der Waals surface area (Å²) in [6, 6.07) is 3.89. The van der Waals surface area contributed by atoms with Gasteiger partial charge in [-0.05, 0) is 12.1 Å². The molecule has 0 atom stereocenters. The molecule has 0 N–H and O–H groups in total. The number of halogens is 1. The van der Waals surface area contributed by atoms with E-state index in [-0.39, 0.29) is 16.6 Å². The number of carbonyl (C=O) groups excluding carboxylic acids is 1. The molecule has 0 heterocycles. The van der Waals surface area contributed by atoms with Gasteiger partial charge in [-0.15, -0.1) is 13.2 Å². The van der Waals surface area contributed by atoms with E-state index in [9.17, 15) is 14.9 Å².